The number of halogens is 3. The molecule has 1 aromatic rings. The molecule has 2 bridgehead atoms. The molecule has 9 nitrogen and oxygen atoms in total. The summed E-state index contributed by atoms with van der Waals surface area (Å²) in [5, 5.41) is 32.2. The lowest BCUT2D eigenvalue weighted by Gasteiger charge is -2.42. The van der Waals surface area contributed by atoms with Crippen LogP contribution in [0.25, 0.3) is 5.53 Å². The minimum absolute atomic E-state index is 0.224. The number of carbonyl (C=O) groups is 2. The lowest BCUT2D eigenvalue weighted by atomic mass is 9.61. The molecule has 0 radical (unpaired) electrons. The predicted molar refractivity (Wildman–Crippen MR) is 95.2 cm³/mol. The van der Waals surface area contributed by atoms with E-state index in [1.165, 1.54) is 13.0 Å². The highest BCUT2D eigenvalue weighted by Crippen LogP contribution is 2.66. The summed E-state index contributed by atoms with van der Waals surface area (Å²) in [4.78, 5) is 27.2. The van der Waals surface area contributed by atoms with Crippen molar-refractivity contribution in [3.05, 3.63) is 34.9 Å². The van der Waals surface area contributed by atoms with E-state index in [1.54, 1.807) is 0 Å². The number of aliphatic hydroxyl groups excluding tert-OH is 2. The Morgan fingerprint density at radius 2 is 2.10 bits per heavy atom. The Hall–Kier alpha value is -2.88. The van der Waals surface area contributed by atoms with E-state index in [9.17, 15) is 38.5 Å². The number of alkyl halides is 3. The van der Waals surface area contributed by atoms with Gasteiger partial charge in [0.1, 0.15) is 17.1 Å². The number of hydrogen-bond acceptors (Lipinski definition) is 7. The fourth-order valence-corrected chi connectivity index (χ4v) is 5.31. The topological polar surface area (TPSA) is 146 Å². The smallest absolute Gasteiger partial charge is 0.417 e. The summed E-state index contributed by atoms with van der Waals surface area (Å²) in [7, 11) is 0. The fourth-order valence-electron chi connectivity index (χ4n) is 5.31. The van der Waals surface area contributed by atoms with Crippen molar-refractivity contribution >= 4 is 17.5 Å². The standard InChI is InChI=1S/C19H16F3N4O5/c1-16-12(28)7-17(31-16,4-5-27)18(25-24)13(16)14(29)26(15(18)30)10-3-2-9(8-23)11(6-10)19(20,21)22/h2-3,6,12-13,27-28H,4-5,7H2,1H3/q-1/t12-,13?,16?,17?,18-/m1/s1. The third-order valence-corrected chi connectivity index (χ3v) is 6.64. The normalized spacial score (nSPS) is 36.6. The van der Waals surface area contributed by atoms with Crippen molar-refractivity contribution in [1.82, 2.24) is 0 Å². The number of benzene rings is 1. The van der Waals surface area contributed by atoms with Gasteiger partial charge in [-0.1, -0.05) is 0 Å². The maximum atomic E-state index is 13.4. The Bertz CT molecular complexity index is 1060. The van der Waals surface area contributed by atoms with Crippen molar-refractivity contribution in [2.45, 2.75) is 48.8 Å². The molecule has 3 saturated heterocycles. The number of ether oxygens (including phenoxy) is 1. The minimum Gasteiger partial charge on any atom is -0.711 e. The van der Waals surface area contributed by atoms with Crippen LogP contribution in [0.5, 0.6) is 0 Å². The quantitative estimate of drug-likeness (QED) is 0.539. The lowest BCUT2D eigenvalue weighted by Crippen LogP contribution is -2.61. The van der Waals surface area contributed by atoms with Gasteiger partial charge in [0.2, 0.25) is 5.91 Å². The van der Waals surface area contributed by atoms with Gasteiger partial charge >= 0.3 is 6.18 Å². The molecule has 12 heteroatoms. The van der Waals surface area contributed by atoms with Crippen molar-refractivity contribution < 1.29 is 37.7 Å². The monoisotopic (exact) mass is 437 g/mol. The number of imide groups is 1. The highest BCUT2D eigenvalue weighted by molar-refractivity contribution is 6.27. The molecule has 2 N–H and O–H groups in total. The zero-order chi connectivity index (χ0) is 23.0. The van der Waals surface area contributed by atoms with Gasteiger partial charge in [-0.2, -0.15) is 18.4 Å². The molecule has 3 heterocycles. The SMILES string of the molecule is CC12OC(CCO)(C[C@H]1O)[C@]1(N=[N-])C(=O)N(c3ccc(C#N)c(C(F)(F)F)c3)C(=O)C21. The van der Waals surface area contributed by atoms with Gasteiger partial charge in [0.25, 0.3) is 5.91 Å². The second kappa shape index (κ2) is 6.32. The molecule has 3 fully saturated rings. The molecule has 0 aromatic heterocycles. The second-order valence-electron chi connectivity index (χ2n) is 8.09. The Morgan fingerprint density at radius 1 is 1.42 bits per heavy atom. The van der Waals surface area contributed by atoms with E-state index in [4.69, 9.17) is 10.00 Å². The number of anilines is 1. The third kappa shape index (κ3) is 2.36. The van der Waals surface area contributed by atoms with Crippen LogP contribution in [-0.4, -0.2) is 51.5 Å². The number of rotatable bonds is 4. The summed E-state index contributed by atoms with van der Waals surface area (Å²) in [5.41, 5.74) is 1.79. The fraction of sp³-hybridized carbons (Fsp3) is 0.526. The van der Waals surface area contributed by atoms with Crippen molar-refractivity contribution in [2.75, 3.05) is 11.5 Å². The van der Waals surface area contributed by atoms with Crippen LogP contribution in [0.1, 0.15) is 30.9 Å². The van der Waals surface area contributed by atoms with E-state index in [0.29, 0.717) is 11.0 Å². The van der Waals surface area contributed by atoms with Crippen LogP contribution in [0.3, 0.4) is 0 Å². The molecule has 0 saturated carbocycles. The third-order valence-electron chi connectivity index (χ3n) is 6.64. The van der Waals surface area contributed by atoms with Gasteiger partial charge in [-0.15, -0.1) is 0 Å². The number of amides is 2. The van der Waals surface area contributed by atoms with Crippen LogP contribution in [0.4, 0.5) is 18.9 Å². The molecule has 3 aliphatic rings. The van der Waals surface area contributed by atoms with Gasteiger partial charge in [0.15, 0.2) is 5.54 Å². The highest BCUT2D eigenvalue weighted by Gasteiger charge is 2.84. The maximum absolute atomic E-state index is 13.4. The number of carbonyl (C=O) groups excluding carboxylic acids is 2. The molecule has 3 aliphatic heterocycles. The molecule has 1 aromatic carbocycles. The lowest BCUT2D eigenvalue weighted by molar-refractivity contribution is -0.138. The Labute approximate surface area is 173 Å². The molecule has 31 heavy (non-hydrogen) atoms. The first-order valence-electron chi connectivity index (χ1n) is 9.28. The van der Waals surface area contributed by atoms with E-state index >= 15 is 0 Å². The van der Waals surface area contributed by atoms with Gasteiger partial charge < -0.3 is 25.6 Å². The summed E-state index contributed by atoms with van der Waals surface area (Å²) in [6.45, 7) is 0.826. The zero-order valence-electron chi connectivity index (χ0n) is 16.0. The Balaban J connectivity index is 1.91. The number of nitriles is 1. The average molecular weight is 437 g/mol. The van der Waals surface area contributed by atoms with Crippen LogP contribution in [0.15, 0.2) is 23.3 Å². The number of hydrogen-bond donors (Lipinski definition) is 2. The largest absolute Gasteiger partial charge is 0.711 e. The molecule has 0 spiro atoms. The summed E-state index contributed by atoms with van der Waals surface area (Å²) in [6, 6.07) is 3.76. The predicted octanol–water partition coefficient (Wildman–Crippen LogP) is 1.50. The van der Waals surface area contributed by atoms with Gasteiger partial charge in [0, 0.05) is 19.4 Å². The van der Waals surface area contributed by atoms with E-state index in [1.807, 2.05) is 0 Å². The van der Waals surface area contributed by atoms with E-state index in [2.05, 4.69) is 5.11 Å². The van der Waals surface area contributed by atoms with Crippen molar-refractivity contribution in [2.24, 2.45) is 11.0 Å². The van der Waals surface area contributed by atoms with Crippen LogP contribution in [-0.2, 0) is 20.5 Å². The highest BCUT2D eigenvalue weighted by atomic mass is 19.4. The first-order chi connectivity index (χ1) is 14.4. The summed E-state index contributed by atoms with van der Waals surface area (Å²) >= 11 is 0. The average Bonchev–Trinajstić information content (AvgIpc) is 3.19. The second-order valence-corrected chi connectivity index (χ2v) is 8.09. The van der Waals surface area contributed by atoms with Gasteiger partial charge in [-0.25, -0.2) is 4.90 Å². The molecule has 5 atom stereocenters. The molecular weight excluding hydrogens is 421 g/mol. The molecule has 4 rings (SSSR count). The summed E-state index contributed by atoms with van der Waals surface area (Å²) < 4.78 is 46.0. The first-order valence-corrected chi connectivity index (χ1v) is 9.28. The van der Waals surface area contributed by atoms with Crippen LogP contribution >= 0.6 is 0 Å². The molecule has 164 valence electrons. The number of fused-ring (bicyclic) bond motifs is 5. The molecular formula is C19H16F3N4O5-. The number of aliphatic hydroxyl groups is 2. The molecule has 0 aliphatic carbocycles. The Morgan fingerprint density at radius 3 is 2.65 bits per heavy atom. The Kier molecular flexibility index (Phi) is 4.35. The maximum Gasteiger partial charge on any atom is 0.417 e. The van der Waals surface area contributed by atoms with Crippen LogP contribution in [0.2, 0.25) is 0 Å². The summed E-state index contributed by atoms with van der Waals surface area (Å²) in [5.74, 6) is -3.67. The molecule has 3 unspecified atom stereocenters. The van der Waals surface area contributed by atoms with Crippen molar-refractivity contribution in [1.29, 1.82) is 5.26 Å². The zero-order valence-corrected chi connectivity index (χ0v) is 16.0. The minimum atomic E-state index is -4.93. The number of nitrogens with zero attached hydrogens (tertiary/aromatic N) is 4. The van der Waals surface area contributed by atoms with Crippen LogP contribution < -0.4 is 4.90 Å². The summed E-state index contributed by atoms with van der Waals surface area (Å²) in [6.07, 6.45) is -6.65. The van der Waals surface area contributed by atoms with Crippen molar-refractivity contribution in [3.8, 4) is 6.07 Å². The van der Waals surface area contributed by atoms with Gasteiger partial charge in [-0.05, 0) is 25.1 Å². The first kappa shape index (κ1) is 21.4. The van der Waals surface area contributed by atoms with Crippen LogP contribution in [0, 0.1) is 17.2 Å². The van der Waals surface area contributed by atoms with E-state index in [0.717, 1.165) is 12.1 Å². The van der Waals surface area contributed by atoms with E-state index in [-0.39, 0.29) is 12.8 Å². The van der Waals surface area contributed by atoms with Gasteiger partial charge in [-0.3, -0.25) is 9.59 Å². The molecule has 2 amide bonds. The van der Waals surface area contributed by atoms with Gasteiger partial charge in [0.05, 0.1) is 29.0 Å². The van der Waals surface area contributed by atoms with E-state index < -0.39 is 70.2 Å². The van der Waals surface area contributed by atoms with Crippen molar-refractivity contribution in [3.63, 3.8) is 0 Å².